The summed E-state index contributed by atoms with van der Waals surface area (Å²) in [5.41, 5.74) is 7.02. The summed E-state index contributed by atoms with van der Waals surface area (Å²) < 4.78 is 0. The number of aromatic amines is 1. The molecule has 7 nitrogen and oxygen atoms in total. The first kappa shape index (κ1) is 13.4. The van der Waals surface area contributed by atoms with Gasteiger partial charge in [-0.3, -0.25) is 9.89 Å². The van der Waals surface area contributed by atoms with Gasteiger partial charge in [0.25, 0.3) is 0 Å². The summed E-state index contributed by atoms with van der Waals surface area (Å²) in [6.07, 6.45) is 3.00. The van der Waals surface area contributed by atoms with Crippen LogP contribution in [0.5, 0.6) is 0 Å². The van der Waals surface area contributed by atoms with Crippen molar-refractivity contribution in [2.45, 2.75) is 39.5 Å². The first-order chi connectivity index (χ1) is 9.01. The molecule has 0 aromatic carbocycles. The van der Waals surface area contributed by atoms with E-state index >= 15 is 0 Å². The molecule has 1 saturated carbocycles. The molecule has 7 heteroatoms. The van der Waals surface area contributed by atoms with Gasteiger partial charge in [0, 0.05) is 0 Å². The third kappa shape index (κ3) is 2.16. The molecular formula is C12H19N5O2. The van der Waals surface area contributed by atoms with Crippen LogP contribution in [0.1, 0.15) is 37.1 Å². The summed E-state index contributed by atoms with van der Waals surface area (Å²) in [6, 6.07) is 0. The van der Waals surface area contributed by atoms with Gasteiger partial charge >= 0.3 is 0 Å². The number of oxime groups is 1. The van der Waals surface area contributed by atoms with Crippen LogP contribution < -0.4 is 11.1 Å². The highest BCUT2D eigenvalue weighted by molar-refractivity contribution is 6.12. The number of anilines is 1. The molecule has 5 N–H and O–H groups in total. The Balaban J connectivity index is 2.27. The van der Waals surface area contributed by atoms with E-state index in [2.05, 4.69) is 20.7 Å². The van der Waals surface area contributed by atoms with Crippen LogP contribution >= 0.6 is 0 Å². The maximum atomic E-state index is 12.5. The summed E-state index contributed by atoms with van der Waals surface area (Å²) in [7, 11) is 0. The Bertz CT molecular complexity index is 495. The topological polar surface area (TPSA) is 116 Å². The molecule has 104 valence electrons. The van der Waals surface area contributed by atoms with Gasteiger partial charge in [-0.15, -0.1) is 0 Å². The van der Waals surface area contributed by atoms with Crippen LogP contribution in [0.3, 0.4) is 0 Å². The van der Waals surface area contributed by atoms with E-state index in [-0.39, 0.29) is 11.7 Å². The Morgan fingerprint density at radius 3 is 2.58 bits per heavy atom. The number of H-pyrrole nitrogens is 1. The average molecular weight is 265 g/mol. The zero-order chi connectivity index (χ0) is 14.0. The van der Waals surface area contributed by atoms with E-state index in [9.17, 15) is 4.79 Å². The molecule has 0 saturated heterocycles. The van der Waals surface area contributed by atoms with E-state index in [1.807, 2.05) is 13.8 Å². The Morgan fingerprint density at radius 1 is 1.47 bits per heavy atom. The molecule has 19 heavy (non-hydrogen) atoms. The van der Waals surface area contributed by atoms with E-state index in [0.29, 0.717) is 18.5 Å². The molecule has 0 atom stereocenters. The second-order valence-electron chi connectivity index (χ2n) is 5.04. The van der Waals surface area contributed by atoms with E-state index < -0.39 is 5.41 Å². The molecular weight excluding hydrogens is 246 g/mol. The predicted molar refractivity (Wildman–Crippen MR) is 71.0 cm³/mol. The summed E-state index contributed by atoms with van der Waals surface area (Å²) in [4.78, 5) is 12.5. The fraction of sp³-hybridized carbons (Fsp3) is 0.583. The average Bonchev–Trinajstić information content (AvgIpc) is 3.00. The van der Waals surface area contributed by atoms with Crippen molar-refractivity contribution in [2.75, 3.05) is 5.32 Å². The van der Waals surface area contributed by atoms with Gasteiger partial charge in [-0.25, -0.2) is 0 Å². The van der Waals surface area contributed by atoms with Gasteiger partial charge in [0.05, 0.1) is 17.1 Å². The van der Waals surface area contributed by atoms with Crippen molar-refractivity contribution in [3.63, 3.8) is 0 Å². The molecule has 1 amide bonds. The first-order valence-electron chi connectivity index (χ1n) is 6.32. The smallest absolute Gasteiger partial charge is 0.238 e. The molecule has 2 rings (SSSR count). The highest BCUT2D eigenvalue weighted by Crippen LogP contribution is 2.39. The minimum atomic E-state index is -0.898. The first-order valence-corrected chi connectivity index (χ1v) is 6.32. The van der Waals surface area contributed by atoms with E-state index in [4.69, 9.17) is 10.9 Å². The fourth-order valence-corrected chi connectivity index (χ4v) is 2.64. The van der Waals surface area contributed by atoms with Gasteiger partial charge in [0.1, 0.15) is 5.41 Å². The number of amidine groups is 1. The third-order valence-corrected chi connectivity index (χ3v) is 3.86. The number of carbonyl (C=O) groups excluding carboxylic acids is 1. The minimum Gasteiger partial charge on any atom is -0.409 e. The highest BCUT2D eigenvalue weighted by Gasteiger charge is 2.45. The molecule has 1 heterocycles. The quantitative estimate of drug-likeness (QED) is 0.285. The zero-order valence-corrected chi connectivity index (χ0v) is 11.2. The van der Waals surface area contributed by atoms with Crippen molar-refractivity contribution in [1.29, 1.82) is 0 Å². The lowest BCUT2D eigenvalue weighted by Gasteiger charge is -2.25. The van der Waals surface area contributed by atoms with Gasteiger partial charge in [-0.2, -0.15) is 5.10 Å². The SMILES string of the molecule is Cc1n[nH]c(C)c1NC(=O)C1(C(N)=NO)CCCC1. The molecule has 0 radical (unpaired) electrons. The summed E-state index contributed by atoms with van der Waals surface area (Å²) in [5, 5.41) is 21.7. The Kier molecular flexibility index (Phi) is 3.46. The number of nitrogens with two attached hydrogens (primary N) is 1. The summed E-state index contributed by atoms with van der Waals surface area (Å²) >= 11 is 0. The Labute approximate surface area is 111 Å². The maximum Gasteiger partial charge on any atom is 0.238 e. The lowest BCUT2D eigenvalue weighted by molar-refractivity contribution is -0.122. The monoisotopic (exact) mass is 265 g/mol. The number of rotatable bonds is 3. The number of aryl methyl sites for hydroxylation is 2. The predicted octanol–water partition coefficient (Wildman–Crippen LogP) is 1.27. The van der Waals surface area contributed by atoms with Crippen LogP contribution in [-0.2, 0) is 4.79 Å². The molecule has 1 aromatic rings. The fourth-order valence-electron chi connectivity index (χ4n) is 2.64. The molecule has 0 aliphatic heterocycles. The second kappa shape index (κ2) is 4.91. The molecule has 1 aromatic heterocycles. The van der Waals surface area contributed by atoms with Crippen LogP contribution in [0, 0.1) is 19.3 Å². The Morgan fingerprint density at radius 2 is 2.11 bits per heavy atom. The lowest BCUT2D eigenvalue weighted by atomic mass is 9.83. The van der Waals surface area contributed by atoms with Crippen molar-refractivity contribution >= 4 is 17.4 Å². The van der Waals surface area contributed by atoms with Crippen molar-refractivity contribution < 1.29 is 10.0 Å². The molecule has 0 unspecified atom stereocenters. The zero-order valence-electron chi connectivity index (χ0n) is 11.2. The normalized spacial score (nSPS) is 18.5. The van der Waals surface area contributed by atoms with Crippen LogP contribution in [0.2, 0.25) is 0 Å². The largest absolute Gasteiger partial charge is 0.409 e. The second-order valence-corrected chi connectivity index (χ2v) is 5.04. The molecule has 1 aliphatic carbocycles. The number of hydrogen-bond donors (Lipinski definition) is 4. The Hall–Kier alpha value is -2.05. The van der Waals surface area contributed by atoms with Crippen molar-refractivity contribution in [3.05, 3.63) is 11.4 Å². The number of nitrogens with one attached hydrogen (secondary N) is 2. The maximum absolute atomic E-state index is 12.5. The van der Waals surface area contributed by atoms with Gasteiger partial charge < -0.3 is 16.3 Å². The lowest BCUT2D eigenvalue weighted by Crippen LogP contribution is -2.45. The van der Waals surface area contributed by atoms with Crippen LogP contribution in [0.4, 0.5) is 5.69 Å². The van der Waals surface area contributed by atoms with Crippen molar-refractivity contribution in [1.82, 2.24) is 10.2 Å². The standard InChI is InChI=1S/C12H19N5O2/c1-7-9(8(2)16-15-7)14-11(18)12(10(13)17-19)5-3-4-6-12/h19H,3-6H2,1-2H3,(H2,13,17)(H,14,18)(H,15,16). The number of amides is 1. The number of nitrogens with zero attached hydrogens (tertiary/aromatic N) is 2. The van der Waals surface area contributed by atoms with Crippen molar-refractivity contribution in [2.24, 2.45) is 16.3 Å². The van der Waals surface area contributed by atoms with E-state index in [1.54, 1.807) is 0 Å². The number of aromatic nitrogens is 2. The van der Waals surface area contributed by atoms with Crippen molar-refractivity contribution in [3.8, 4) is 0 Å². The van der Waals surface area contributed by atoms with Gasteiger partial charge in [0.15, 0.2) is 5.84 Å². The highest BCUT2D eigenvalue weighted by atomic mass is 16.4. The van der Waals surface area contributed by atoms with Crippen LogP contribution in [-0.4, -0.2) is 27.1 Å². The minimum absolute atomic E-state index is 0.0127. The molecule has 0 spiro atoms. The van der Waals surface area contributed by atoms with E-state index in [0.717, 1.165) is 24.2 Å². The summed E-state index contributed by atoms with van der Waals surface area (Å²) in [5.74, 6) is -0.241. The summed E-state index contributed by atoms with van der Waals surface area (Å²) in [6.45, 7) is 3.64. The van der Waals surface area contributed by atoms with E-state index in [1.165, 1.54) is 0 Å². The molecule has 0 bridgehead atoms. The van der Waals surface area contributed by atoms with Crippen LogP contribution in [0.15, 0.2) is 5.16 Å². The third-order valence-electron chi connectivity index (χ3n) is 3.86. The number of hydrogen-bond acceptors (Lipinski definition) is 4. The van der Waals surface area contributed by atoms with Crippen LogP contribution in [0.25, 0.3) is 0 Å². The molecule has 1 fully saturated rings. The van der Waals surface area contributed by atoms with Gasteiger partial charge in [-0.05, 0) is 26.7 Å². The van der Waals surface area contributed by atoms with Gasteiger partial charge in [0.2, 0.25) is 5.91 Å². The molecule has 1 aliphatic rings. The van der Waals surface area contributed by atoms with Gasteiger partial charge in [-0.1, -0.05) is 18.0 Å². The number of carbonyl (C=O) groups is 1.